The van der Waals surface area contributed by atoms with E-state index in [0.717, 1.165) is 49.4 Å². The third-order valence-electron chi connectivity index (χ3n) is 3.29. The minimum atomic E-state index is 0.661. The number of piperazine rings is 1. The van der Waals surface area contributed by atoms with Crippen LogP contribution in [-0.2, 0) is 6.54 Å². The number of hydrogen-bond donors (Lipinski definition) is 1. The molecule has 18 heavy (non-hydrogen) atoms. The molecule has 6 heteroatoms. The highest BCUT2D eigenvalue weighted by molar-refractivity contribution is 7.15. The van der Waals surface area contributed by atoms with Gasteiger partial charge in [0.1, 0.15) is 5.01 Å². The maximum atomic E-state index is 4.23. The summed E-state index contributed by atoms with van der Waals surface area (Å²) in [6.07, 6.45) is 0. The highest BCUT2D eigenvalue weighted by atomic mass is 32.1. The SMILES string of the molecule is CCNc1nnc(CN2CCN(C(C)C)CC2)s1. The Balaban J connectivity index is 1.80. The highest BCUT2D eigenvalue weighted by Gasteiger charge is 2.19. The van der Waals surface area contributed by atoms with Crippen LogP contribution in [0.25, 0.3) is 0 Å². The number of anilines is 1. The lowest BCUT2D eigenvalue weighted by Crippen LogP contribution is -2.48. The zero-order valence-electron chi connectivity index (χ0n) is 11.5. The molecule has 1 fully saturated rings. The molecule has 1 saturated heterocycles. The largest absolute Gasteiger partial charge is 0.360 e. The van der Waals surface area contributed by atoms with Crippen LogP contribution in [0.5, 0.6) is 0 Å². The molecule has 1 aliphatic heterocycles. The van der Waals surface area contributed by atoms with Gasteiger partial charge in [0.25, 0.3) is 0 Å². The van der Waals surface area contributed by atoms with Gasteiger partial charge in [0.05, 0.1) is 6.54 Å². The molecule has 2 rings (SSSR count). The zero-order valence-corrected chi connectivity index (χ0v) is 12.3. The minimum absolute atomic E-state index is 0.661. The maximum absolute atomic E-state index is 4.23. The molecule has 0 unspecified atom stereocenters. The van der Waals surface area contributed by atoms with E-state index in [1.54, 1.807) is 11.3 Å². The van der Waals surface area contributed by atoms with Crippen molar-refractivity contribution in [1.29, 1.82) is 0 Å². The summed E-state index contributed by atoms with van der Waals surface area (Å²) in [6, 6.07) is 0.661. The number of rotatable bonds is 5. The Bertz CT molecular complexity index is 357. The van der Waals surface area contributed by atoms with Crippen molar-refractivity contribution in [2.45, 2.75) is 33.4 Å². The van der Waals surface area contributed by atoms with Crippen molar-refractivity contribution in [2.75, 3.05) is 38.0 Å². The maximum Gasteiger partial charge on any atom is 0.205 e. The van der Waals surface area contributed by atoms with Crippen molar-refractivity contribution in [2.24, 2.45) is 0 Å². The summed E-state index contributed by atoms with van der Waals surface area (Å²) in [5.74, 6) is 0. The van der Waals surface area contributed by atoms with Crippen LogP contribution in [0.15, 0.2) is 0 Å². The van der Waals surface area contributed by atoms with E-state index in [0.29, 0.717) is 6.04 Å². The average Bonchev–Trinajstić information content (AvgIpc) is 2.78. The standard InChI is InChI=1S/C12H23N5S/c1-4-13-12-15-14-11(18-12)9-16-5-7-17(8-6-16)10(2)3/h10H,4-9H2,1-3H3,(H,13,15). The minimum Gasteiger partial charge on any atom is -0.360 e. The molecule has 1 aromatic heterocycles. The van der Waals surface area contributed by atoms with E-state index in [9.17, 15) is 0 Å². The van der Waals surface area contributed by atoms with Gasteiger partial charge in [0.15, 0.2) is 0 Å². The van der Waals surface area contributed by atoms with Gasteiger partial charge in [-0.3, -0.25) is 9.80 Å². The van der Waals surface area contributed by atoms with Gasteiger partial charge < -0.3 is 5.32 Å². The first-order chi connectivity index (χ1) is 8.69. The summed E-state index contributed by atoms with van der Waals surface area (Å²) in [7, 11) is 0. The van der Waals surface area contributed by atoms with Crippen molar-refractivity contribution in [3.63, 3.8) is 0 Å². The van der Waals surface area contributed by atoms with Crippen LogP contribution in [0.3, 0.4) is 0 Å². The first-order valence-corrected chi connectivity index (χ1v) is 7.53. The van der Waals surface area contributed by atoms with Crippen molar-refractivity contribution in [1.82, 2.24) is 20.0 Å². The first kappa shape index (κ1) is 13.7. The average molecular weight is 269 g/mol. The Labute approximate surface area is 113 Å². The zero-order chi connectivity index (χ0) is 13.0. The second-order valence-corrected chi connectivity index (χ2v) is 6.00. The van der Waals surface area contributed by atoms with E-state index in [1.165, 1.54) is 0 Å². The van der Waals surface area contributed by atoms with Gasteiger partial charge in [0.2, 0.25) is 5.13 Å². The van der Waals surface area contributed by atoms with E-state index >= 15 is 0 Å². The summed E-state index contributed by atoms with van der Waals surface area (Å²) >= 11 is 1.67. The van der Waals surface area contributed by atoms with Crippen LogP contribution >= 0.6 is 11.3 Å². The molecule has 0 spiro atoms. The van der Waals surface area contributed by atoms with Crippen LogP contribution in [0.1, 0.15) is 25.8 Å². The molecule has 0 aliphatic carbocycles. The van der Waals surface area contributed by atoms with Gasteiger partial charge in [-0.15, -0.1) is 10.2 Å². The molecule has 0 amide bonds. The summed E-state index contributed by atoms with van der Waals surface area (Å²) in [5, 5.41) is 13.6. The van der Waals surface area contributed by atoms with Crippen LogP contribution in [0, 0.1) is 0 Å². The van der Waals surface area contributed by atoms with Crippen LogP contribution in [-0.4, -0.2) is 58.8 Å². The monoisotopic (exact) mass is 269 g/mol. The number of nitrogens with zero attached hydrogens (tertiary/aromatic N) is 4. The second-order valence-electron chi connectivity index (χ2n) is 4.94. The Morgan fingerprint density at radius 2 is 1.94 bits per heavy atom. The van der Waals surface area contributed by atoms with Crippen molar-refractivity contribution in [3.05, 3.63) is 5.01 Å². The Kier molecular flexibility index (Phi) is 4.91. The number of aromatic nitrogens is 2. The third-order valence-corrected chi connectivity index (χ3v) is 4.16. The van der Waals surface area contributed by atoms with E-state index in [-0.39, 0.29) is 0 Å². The smallest absolute Gasteiger partial charge is 0.205 e. The quantitative estimate of drug-likeness (QED) is 0.877. The second kappa shape index (κ2) is 6.45. The van der Waals surface area contributed by atoms with Crippen molar-refractivity contribution >= 4 is 16.5 Å². The molecule has 5 nitrogen and oxygen atoms in total. The molecule has 1 aromatic rings. The summed E-state index contributed by atoms with van der Waals surface area (Å²) in [6.45, 7) is 13.0. The molecule has 0 bridgehead atoms. The topological polar surface area (TPSA) is 44.3 Å². The Hall–Kier alpha value is -0.720. The fourth-order valence-electron chi connectivity index (χ4n) is 2.17. The van der Waals surface area contributed by atoms with Crippen LogP contribution < -0.4 is 5.32 Å². The number of hydrogen-bond acceptors (Lipinski definition) is 6. The normalized spacial score (nSPS) is 18.4. The van der Waals surface area contributed by atoms with Gasteiger partial charge in [-0.1, -0.05) is 11.3 Å². The lowest BCUT2D eigenvalue weighted by Gasteiger charge is -2.36. The molecular weight excluding hydrogens is 246 g/mol. The molecule has 0 saturated carbocycles. The van der Waals surface area contributed by atoms with Gasteiger partial charge in [-0.25, -0.2) is 0 Å². The van der Waals surface area contributed by atoms with Crippen molar-refractivity contribution in [3.8, 4) is 0 Å². The third kappa shape index (κ3) is 3.63. The predicted octanol–water partition coefficient (Wildman–Crippen LogP) is 1.50. The van der Waals surface area contributed by atoms with Gasteiger partial charge in [0, 0.05) is 38.8 Å². The van der Waals surface area contributed by atoms with Gasteiger partial charge >= 0.3 is 0 Å². The predicted molar refractivity (Wildman–Crippen MR) is 76.1 cm³/mol. The van der Waals surface area contributed by atoms with Crippen LogP contribution in [0.2, 0.25) is 0 Å². The number of nitrogens with one attached hydrogen (secondary N) is 1. The molecule has 0 radical (unpaired) electrons. The van der Waals surface area contributed by atoms with E-state index < -0.39 is 0 Å². The Morgan fingerprint density at radius 3 is 2.56 bits per heavy atom. The van der Waals surface area contributed by atoms with Gasteiger partial charge in [-0.2, -0.15) is 0 Å². The molecule has 102 valence electrons. The molecule has 2 heterocycles. The lowest BCUT2D eigenvalue weighted by atomic mass is 10.2. The Morgan fingerprint density at radius 1 is 1.22 bits per heavy atom. The molecule has 1 N–H and O–H groups in total. The van der Waals surface area contributed by atoms with E-state index in [2.05, 4.69) is 46.1 Å². The molecular formula is C12H23N5S. The highest BCUT2D eigenvalue weighted by Crippen LogP contribution is 2.17. The fraction of sp³-hybridized carbons (Fsp3) is 0.833. The lowest BCUT2D eigenvalue weighted by molar-refractivity contribution is 0.104. The fourth-order valence-corrected chi connectivity index (χ4v) is 3.02. The first-order valence-electron chi connectivity index (χ1n) is 6.71. The van der Waals surface area contributed by atoms with E-state index in [4.69, 9.17) is 0 Å². The van der Waals surface area contributed by atoms with E-state index in [1.807, 2.05) is 0 Å². The molecule has 1 aliphatic rings. The molecule has 0 atom stereocenters. The summed E-state index contributed by atoms with van der Waals surface area (Å²) in [5.41, 5.74) is 0. The molecule has 0 aromatic carbocycles. The van der Waals surface area contributed by atoms with Crippen molar-refractivity contribution < 1.29 is 0 Å². The summed E-state index contributed by atoms with van der Waals surface area (Å²) in [4.78, 5) is 5.00. The van der Waals surface area contributed by atoms with Gasteiger partial charge in [-0.05, 0) is 20.8 Å². The summed E-state index contributed by atoms with van der Waals surface area (Å²) < 4.78 is 0. The van der Waals surface area contributed by atoms with Crippen LogP contribution in [0.4, 0.5) is 5.13 Å².